The van der Waals surface area contributed by atoms with Gasteiger partial charge >= 0.3 is 0 Å². The van der Waals surface area contributed by atoms with Crippen LogP contribution in [0.15, 0.2) is 42.5 Å². The fraction of sp³-hybridized carbons (Fsp3) is 0. The van der Waals surface area contributed by atoms with Gasteiger partial charge in [0.2, 0.25) is 0 Å². The van der Waals surface area contributed by atoms with Crippen molar-refractivity contribution in [2.24, 2.45) is 0 Å². The number of benzene rings is 2. The molecule has 0 aliphatic heterocycles. The van der Waals surface area contributed by atoms with Gasteiger partial charge in [-0.15, -0.1) is 0 Å². The van der Waals surface area contributed by atoms with E-state index in [-0.39, 0.29) is 5.56 Å². The molecule has 1 nitrogen and oxygen atoms in total. The van der Waals surface area contributed by atoms with E-state index in [1.165, 1.54) is 0 Å². The van der Waals surface area contributed by atoms with E-state index in [1.54, 1.807) is 30.3 Å². The molecule has 0 unspecified atom stereocenters. The minimum Gasteiger partial charge on any atom is -0.504 e. The average Bonchev–Trinajstić information content (AvgIpc) is 2.24. The first kappa shape index (κ1) is 9.65. The van der Waals surface area contributed by atoms with Gasteiger partial charge in [-0.05, 0) is 11.6 Å². The molecule has 2 rings (SSSR count). The molecule has 0 atom stereocenters. The minimum absolute atomic E-state index is 0.160. The van der Waals surface area contributed by atoms with Crippen molar-refractivity contribution in [3.63, 3.8) is 0 Å². The van der Waals surface area contributed by atoms with E-state index in [0.29, 0.717) is 11.6 Å². The summed E-state index contributed by atoms with van der Waals surface area (Å²) >= 11 is 0. The molecular formula is C12H8F2O. The summed E-state index contributed by atoms with van der Waals surface area (Å²) in [5, 5.41) is 9.43. The molecule has 3 heteroatoms. The van der Waals surface area contributed by atoms with Gasteiger partial charge in [-0.1, -0.05) is 30.3 Å². The highest BCUT2D eigenvalue weighted by Crippen LogP contribution is 2.31. The van der Waals surface area contributed by atoms with Crippen LogP contribution in [0.3, 0.4) is 0 Å². The Hall–Kier alpha value is -1.90. The lowest BCUT2D eigenvalue weighted by Gasteiger charge is -2.05. The third kappa shape index (κ3) is 1.81. The Labute approximate surface area is 85.6 Å². The zero-order valence-electron chi connectivity index (χ0n) is 7.74. The second kappa shape index (κ2) is 3.69. The van der Waals surface area contributed by atoms with E-state index in [4.69, 9.17) is 0 Å². The van der Waals surface area contributed by atoms with Crippen LogP contribution < -0.4 is 0 Å². The Morgan fingerprint density at radius 3 is 2.27 bits per heavy atom. The van der Waals surface area contributed by atoms with Gasteiger partial charge in [0.05, 0.1) is 0 Å². The molecule has 0 fully saturated rings. The molecule has 0 radical (unpaired) electrons. The zero-order valence-corrected chi connectivity index (χ0v) is 7.74. The van der Waals surface area contributed by atoms with Crippen LogP contribution in [0.25, 0.3) is 11.1 Å². The summed E-state index contributed by atoms with van der Waals surface area (Å²) < 4.78 is 26.0. The third-order valence-corrected chi connectivity index (χ3v) is 2.11. The standard InChI is InChI=1S/C12H8F2O/c13-9-6-10(12(15)11(14)7-9)8-4-2-1-3-5-8/h1-7,15H. The molecule has 0 heterocycles. The van der Waals surface area contributed by atoms with Gasteiger partial charge in [0.25, 0.3) is 0 Å². The molecular weight excluding hydrogens is 198 g/mol. The molecule has 1 N–H and O–H groups in total. The Kier molecular flexibility index (Phi) is 2.37. The highest BCUT2D eigenvalue weighted by Gasteiger charge is 2.11. The first-order valence-corrected chi connectivity index (χ1v) is 4.42. The smallest absolute Gasteiger partial charge is 0.168 e. The molecule has 2 aromatic rings. The molecule has 0 aliphatic rings. The molecule has 76 valence electrons. The van der Waals surface area contributed by atoms with Gasteiger partial charge in [-0.25, -0.2) is 8.78 Å². The molecule has 0 bridgehead atoms. The summed E-state index contributed by atoms with van der Waals surface area (Å²) in [4.78, 5) is 0. The van der Waals surface area contributed by atoms with E-state index in [2.05, 4.69) is 0 Å². The number of phenols is 1. The van der Waals surface area contributed by atoms with Crippen LogP contribution in [-0.4, -0.2) is 5.11 Å². The normalized spacial score (nSPS) is 10.3. The summed E-state index contributed by atoms with van der Waals surface area (Å²) in [5.74, 6) is -2.18. The SMILES string of the molecule is Oc1c(F)cc(F)cc1-c1ccccc1. The van der Waals surface area contributed by atoms with Crippen LogP contribution in [0, 0.1) is 11.6 Å². The molecule has 0 spiro atoms. The Balaban J connectivity index is 2.63. The predicted molar refractivity (Wildman–Crippen MR) is 53.5 cm³/mol. The van der Waals surface area contributed by atoms with E-state index < -0.39 is 17.4 Å². The van der Waals surface area contributed by atoms with E-state index in [1.807, 2.05) is 0 Å². The molecule has 2 aromatic carbocycles. The Morgan fingerprint density at radius 2 is 1.60 bits per heavy atom. The van der Waals surface area contributed by atoms with Crippen molar-refractivity contribution in [1.82, 2.24) is 0 Å². The molecule has 0 saturated heterocycles. The van der Waals surface area contributed by atoms with E-state index in [0.717, 1.165) is 6.07 Å². The van der Waals surface area contributed by atoms with Gasteiger partial charge in [0.15, 0.2) is 11.6 Å². The number of hydrogen-bond acceptors (Lipinski definition) is 1. The van der Waals surface area contributed by atoms with E-state index in [9.17, 15) is 13.9 Å². The van der Waals surface area contributed by atoms with Gasteiger partial charge in [0, 0.05) is 11.6 Å². The van der Waals surface area contributed by atoms with Crippen molar-refractivity contribution >= 4 is 0 Å². The van der Waals surface area contributed by atoms with E-state index >= 15 is 0 Å². The number of aromatic hydroxyl groups is 1. The molecule has 0 aromatic heterocycles. The monoisotopic (exact) mass is 206 g/mol. The van der Waals surface area contributed by atoms with Crippen molar-refractivity contribution in [3.8, 4) is 16.9 Å². The van der Waals surface area contributed by atoms with Crippen molar-refractivity contribution < 1.29 is 13.9 Å². The largest absolute Gasteiger partial charge is 0.504 e. The topological polar surface area (TPSA) is 20.2 Å². The summed E-state index contributed by atoms with van der Waals surface area (Å²) in [6.07, 6.45) is 0. The maximum Gasteiger partial charge on any atom is 0.168 e. The van der Waals surface area contributed by atoms with Crippen molar-refractivity contribution in [2.75, 3.05) is 0 Å². The fourth-order valence-corrected chi connectivity index (χ4v) is 1.40. The van der Waals surface area contributed by atoms with Crippen LogP contribution in [0.5, 0.6) is 5.75 Å². The molecule has 0 aliphatic carbocycles. The van der Waals surface area contributed by atoms with Gasteiger partial charge in [-0.3, -0.25) is 0 Å². The highest BCUT2D eigenvalue weighted by atomic mass is 19.1. The summed E-state index contributed by atoms with van der Waals surface area (Å²) in [6.45, 7) is 0. The fourth-order valence-electron chi connectivity index (χ4n) is 1.40. The van der Waals surface area contributed by atoms with Crippen molar-refractivity contribution in [2.45, 2.75) is 0 Å². The van der Waals surface area contributed by atoms with Crippen molar-refractivity contribution in [3.05, 3.63) is 54.1 Å². The zero-order chi connectivity index (χ0) is 10.8. The quantitative estimate of drug-likeness (QED) is 0.758. The second-order valence-electron chi connectivity index (χ2n) is 3.15. The van der Waals surface area contributed by atoms with Gasteiger partial charge in [0.1, 0.15) is 5.82 Å². The summed E-state index contributed by atoms with van der Waals surface area (Å²) in [7, 11) is 0. The van der Waals surface area contributed by atoms with Gasteiger partial charge in [-0.2, -0.15) is 0 Å². The Bertz CT molecular complexity index is 480. The van der Waals surface area contributed by atoms with Gasteiger partial charge < -0.3 is 5.11 Å². The maximum atomic E-state index is 13.0. The minimum atomic E-state index is -0.950. The van der Waals surface area contributed by atoms with Crippen molar-refractivity contribution in [1.29, 1.82) is 0 Å². The second-order valence-corrected chi connectivity index (χ2v) is 3.15. The lowest BCUT2D eigenvalue weighted by molar-refractivity contribution is 0.430. The third-order valence-electron chi connectivity index (χ3n) is 2.11. The summed E-state index contributed by atoms with van der Waals surface area (Å²) in [6, 6.07) is 10.4. The first-order chi connectivity index (χ1) is 7.18. The predicted octanol–water partition coefficient (Wildman–Crippen LogP) is 3.34. The first-order valence-electron chi connectivity index (χ1n) is 4.42. The summed E-state index contributed by atoms with van der Waals surface area (Å²) in [5.41, 5.74) is 0.738. The number of halogens is 2. The highest BCUT2D eigenvalue weighted by molar-refractivity contribution is 5.70. The lowest BCUT2D eigenvalue weighted by Crippen LogP contribution is -1.86. The van der Waals surface area contributed by atoms with Crippen LogP contribution in [0.1, 0.15) is 0 Å². The van der Waals surface area contributed by atoms with Crippen LogP contribution >= 0.6 is 0 Å². The van der Waals surface area contributed by atoms with Crippen LogP contribution in [0.2, 0.25) is 0 Å². The molecule has 0 amide bonds. The Morgan fingerprint density at radius 1 is 0.933 bits per heavy atom. The average molecular weight is 206 g/mol. The maximum absolute atomic E-state index is 13.0. The lowest BCUT2D eigenvalue weighted by atomic mass is 10.0. The number of hydrogen-bond donors (Lipinski definition) is 1. The van der Waals surface area contributed by atoms with Crippen LogP contribution in [-0.2, 0) is 0 Å². The molecule has 15 heavy (non-hydrogen) atoms. The molecule has 0 saturated carbocycles. The number of rotatable bonds is 1. The van der Waals surface area contributed by atoms with Crippen LogP contribution in [0.4, 0.5) is 8.78 Å². The number of phenolic OH excluding ortho intramolecular Hbond substituents is 1.